The lowest BCUT2D eigenvalue weighted by molar-refractivity contribution is 0.0940. The number of amides is 1. The van der Waals surface area contributed by atoms with Gasteiger partial charge in [-0.15, -0.1) is 11.3 Å². The van der Waals surface area contributed by atoms with Crippen molar-refractivity contribution in [2.45, 2.75) is 26.8 Å². The molecule has 2 N–H and O–H groups in total. The molecule has 0 fully saturated rings. The van der Waals surface area contributed by atoms with Crippen molar-refractivity contribution in [3.05, 3.63) is 51.6 Å². The number of anilines is 1. The van der Waals surface area contributed by atoms with Gasteiger partial charge < -0.3 is 10.6 Å². The molecule has 3 aromatic rings. The largest absolute Gasteiger partial charge is 0.365 e. The summed E-state index contributed by atoms with van der Waals surface area (Å²) >= 11 is 3.17. The second kappa shape index (κ2) is 7.33. The molecule has 1 atom stereocenters. The third kappa shape index (κ3) is 3.88. The molecule has 0 aliphatic heterocycles. The Morgan fingerprint density at radius 3 is 2.44 bits per heavy atom. The molecule has 25 heavy (non-hydrogen) atoms. The zero-order chi connectivity index (χ0) is 18.0. The summed E-state index contributed by atoms with van der Waals surface area (Å²) in [5, 5.41) is 9.86. The molecule has 3 rings (SSSR count). The van der Waals surface area contributed by atoms with Crippen LogP contribution < -0.4 is 10.6 Å². The lowest BCUT2D eigenvalue weighted by Crippen LogP contribution is -2.26. The topological polar surface area (TPSA) is 66.9 Å². The van der Waals surface area contributed by atoms with Gasteiger partial charge in [0.1, 0.15) is 5.01 Å². The van der Waals surface area contributed by atoms with Gasteiger partial charge in [-0.2, -0.15) is 0 Å². The quantitative estimate of drug-likeness (QED) is 0.696. The van der Waals surface area contributed by atoms with Crippen molar-refractivity contribution in [1.29, 1.82) is 0 Å². The molecule has 0 spiro atoms. The number of thiazole rings is 2. The number of rotatable bonds is 5. The van der Waals surface area contributed by atoms with Gasteiger partial charge in [0.2, 0.25) is 0 Å². The first-order valence-electron chi connectivity index (χ1n) is 7.96. The van der Waals surface area contributed by atoms with Gasteiger partial charge in [0.05, 0.1) is 16.6 Å². The maximum Gasteiger partial charge on any atom is 0.251 e. The molecule has 1 amide bonds. The van der Waals surface area contributed by atoms with E-state index in [9.17, 15) is 4.79 Å². The van der Waals surface area contributed by atoms with Crippen LogP contribution in [-0.2, 0) is 0 Å². The van der Waals surface area contributed by atoms with Crippen molar-refractivity contribution in [3.8, 4) is 10.4 Å². The van der Waals surface area contributed by atoms with Crippen molar-refractivity contribution in [3.63, 3.8) is 0 Å². The predicted molar refractivity (Wildman–Crippen MR) is 105 cm³/mol. The van der Waals surface area contributed by atoms with E-state index in [-0.39, 0.29) is 11.9 Å². The Labute approximate surface area is 155 Å². The third-order valence-electron chi connectivity index (χ3n) is 3.77. The van der Waals surface area contributed by atoms with Crippen LogP contribution in [0.25, 0.3) is 10.4 Å². The van der Waals surface area contributed by atoms with E-state index in [2.05, 4.69) is 20.6 Å². The number of hydrogen-bond acceptors (Lipinski definition) is 6. The van der Waals surface area contributed by atoms with Crippen LogP contribution in [0.1, 0.15) is 39.7 Å². The summed E-state index contributed by atoms with van der Waals surface area (Å²) in [4.78, 5) is 22.4. The summed E-state index contributed by atoms with van der Waals surface area (Å²) in [6, 6.07) is 7.53. The van der Waals surface area contributed by atoms with Crippen LogP contribution >= 0.6 is 22.7 Å². The summed E-state index contributed by atoms with van der Waals surface area (Å²) < 4.78 is 0. The highest BCUT2D eigenvalue weighted by Gasteiger charge is 2.15. The number of hydrogen-bond donors (Lipinski definition) is 2. The van der Waals surface area contributed by atoms with E-state index in [4.69, 9.17) is 0 Å². The lowest BCUT2D eigenvalue weighted by atomic mass is 10.1. The van der Waals surface area contributed by atoms with Crippen LogP contribution in [0.3, 0.4) is 0 Å². The van der Waals surface area contributed by atoms with Crippen LogP contribution in [0.5, 0.6) is 0 Å². The van der Waals surface area contributed by atoms with Crippen molar-refractivity contribution >= 4 is 33.7 Å². The number of aromatic nitrogens is 2. The van der Waals surface area contributed by atoms with Crippen LogP contribution in [0.15, 0.2) is 29.6 Å². The molecule has 2 heterocycles. The molecular weight excluding hydrogens is 352 g/mol. The Morgan fingerprint density at radius 2 is 1.88 bits per heavy atom. The molecule has 5 nitrogen and oxygen atoms in total. The SMILES string of the molecule is CNc1nc(C)c(-c2ccc(C(=O)N[C@H](C)c3nc(C)cs3)cc2)s1. The Morgan fingerprint density at radius 1 is 1.16 bits per heavy atom. The normalized spacial score (nSPS) is 12.0. The summed E-state index contributed by atoms with van der Waals surface area (Å²) in [6.45, 7) is 5.89. The first kappa shape index (κ1) is 17.6. The smallest absolute Gasteiger partial charge is 0.251 e. The van der Waals surface area contributed by atoms with Crippen LogP contribution in [0.4, 0.5) is 5.13 Å². The maximum absolute atomic E-state index is 12.4. The Kier molecular flexibility index (Phi) is 5.15. The molecule has 0 saturated carbocycles. The van der Waals surface area contributed by atoms with E-state index in [1.807, 2.05) is 57.5 Å². The maximum atomic E-state index is 12.4. The second-order valence-corrected chi connectivity index (χ2v) is 7.67. The minimum atomic E-state index is -0.104. The molecule has 0 unspecified atom stereocenters. The molecule has 130 valence electrons. The van der Waals surface area contributed by atoms with Crippen molar-refractivity contribution < 1.29 is 4.79 Å². The van der Waals surface area contributed by atoms with Crippen LogP contribution in [0, 0.1) is 13.8 Å². The van der Waals surface area contributed by atoms with Gasteiger partial charge in [-0.1, -0.05) is 23.5 Å². The fourth-order valence-electron chi connectivity index (χ4n) is 2.46. The Balaban J connectivity index is 1.73. The minimum absolute atomic E-state index is 0.0937. The number of carbonyl (C=O) groups is 1. The molecule has 1 aromatic carbocycles. The van der Waals surface area contributed by atoms with Gasteiger partial charge in [0.15, 0.2) is 5.13 Å². The second-order valence-electron chi connectivity index (χ2n) is 5.78. The van der Waals surface area contributed by atoms with Crippen molar-refractivity contribution in [2.24, 2.45) is 0 Å². The number of carbonyl (C=O) groups excluding carboxylic acids is 1. The van der Waals surface area contributed by atoms with E-state index in [1.165, 1.54) is 0 Å². The average Bonchev–Trinajstić information content (AvgIpc) is 3.20. The Bertz CT molecular complexity index is 883. The molecule has 0 radical (unpaired) electrons. The van der Waals surface area contributed by atoms with E-state index < -0.39 is 0 Å². The third-order valence-corrected chi connectivity index (χ3v) is 6.14. The Hall–Kier alpha value is -2.25. The van der Waals surface area contributed by atoms with Gasteiger partial charge in [0, 0.05) is 23.7 Å². The summed E-state index contributed by atoms with van der Waals surface area (Å²) in [5.41, 5.74) is 3.67. The average molecular weight is 373 g/mol. The first-order chi connectivity index (χ1) is 12.0. The number of benzene rings is 1. The standard InChI is InChI=1S/C18H20N4OS2/c1-10-9-24-17(20-10)12(3)21-16(23)14-7-5-13(6-8-14)15-11(2)22-18(19-4)25-15/h5-9,12H,1-4H3,(H,19,22)(H,21,23)/t12-/m1/s1. The fourth-order valence-corrected chi connectivity index (χ4v) is 4.19. The van der Waals surface area contributed by atoms with E-state index in [0.717, 1.165) is 32.0 Å². The van der Waals surface area contributed by atoms with Gasteiger partial charge >= 0.3 is 0 Å². The molecular formula is C18H20N4OS2. The summed E-state index contributed by atoms with van der Waals surface area (Å²) in [7, 11) is 1.86. The number of nitrogens with one attached hydrogen (secondary N) is 2. The lowest BCUT2D eigenvalue weighted by Gasteiger charge is -2.11. The molecule has 2 aromatic heterocycles. The van der Waals surface area contributed by atoms with E-state index in [1.54, 1.807) is 22.7 Å². The van der Waals surface area contributed by atoms with Crippen LogP contribution in [0.2, 0.25) is 0 Å². The highest BCUT2D eigenvalue weighted by atomic mass is 32.1. The number of aryl methyl sites for hydroxylation is 2. The van der Waals surface area contributed by atoms with E-state index >= 15 is 0 Å². The van der Waals surface area contributed by atoms with E-state index in [0.29, 0.717) is 5.56 Å². The van der Waals surface area contributed by atoms with Gasteiger partial charge in [-0.25, -0.2) is 9.97 Å². The highest BCUT2D eigenvalue weighted by Crippen LogP contribution is 2.32. The zero-order valence-corrected chi connectivity index (χ0v) is 16.2. The molecule has 0 aliphatic carbocycles. The van der Waals surface area contributed by atoms with Gasteiger partial charge in [-0.3, -0.25) is 4.79 Å². The van der Waals surface area contributed by atoms with Gasteiger partial charge in [0.25, 0.3) is 5.91 Å². The molecule has 0 aliphatic rings. The predicted octanol–water partition coefficient (Wildman–Crippen LogP) is 4.42. The van der Waals surface area contributed by atoms with Gasteiger partial charge in [-0.05, 0) is 38.5 Å². The zero-order valence-electron chi connectivity index (χ0n) is 14.6. The first-order valence-corrected chi connectivity index (χ1v) is 9.66. The molecule has 0 bridgehead atoms. The van der Waals surface area contributed by atoms with Crippen molar-refractivity contribution in [1.82, 2.24) is 15.3 Å². The fraction of sp³-hybridized carbons (Fsp3) is 0.278. The van der Waals surface area contributed by atoms with Crippen molar-refractivity contribution in [2.75, 3.05) is 12.4 Å². The number of nitrogens with zero attached hydrogens (tertiary/aromatic N) is 2. The summed E-state index contributed by atoms with van der Waals surface area (Å²) in [5.74, 6) is -0.0937. The molecule has 0 saturated heterocycles. The highest BCUT2D eigenvalue weighted by molar-refractivity contribution is 7.19. The molecule has 7 heteroatoms. The minimum Gasteiger partial charge on any atom is -0.365 e. The van der Waals surface area contributed by atoms with Crippen LogP contribution in [-0.4, -0.2) is 22.9 Å². The monoisotopic (exact) mass is 372 g/mol. The summed E-state index contributed by atoms with van der Waals surface area (Å²) in [6.07, 6.45) is 0.